The zero-order valence-corrected chi connectivity index (χ0v) is 16.9. The van der Waals surface area contributed by atoms with Crippen molar-refractivity contribution in [3.63, 3.8) is 0 Å². The van der Waals surface area contributed by atoms with Gasteiger partial charge < -0.3 is 10.1 Å². The zero-order valence-electron chi connectivity index (χ0n) is 16.9. The van der Waals surface area contributed by atoms with Crippen molar-refractivity contribution in [3.05, 3.63) is 89.5 Å². The lowest BCUT2D eigenvalue weighted by molar-refractivity contribution is -0.142. The molecule has 1 amide bonds. The predicted molar refractivity (Wildman–Crippen MR) is 117 cm³/mol. The summed E-state index contributed by atoms with van der Waals surface area (Å²) in [4.78, 5) is 30.6. The number of carbonyl (C=O) groups is 2. The van der Waals surface area contributed by atoms with Crippen molar-refractivity contribution in [1.29, 1.82) is 0 Å². The molecular formula is C25H22N2O3. The minimum Gasteiger partial charge on any atom is -0.467 e. The van der Waals surface area contributed by atoms with Crippen LogP contribution in [0.25, 0.3) is 21.8 Å². The van der Waals surface area contributed by atoms with Crippen LogP contribution in [0, 0.1) is 6.92 Å². The maximum Gasteiger partial charge on any atom is 0.328 e. The first kappa shape index (κ1) is 19.6. The number of nitrogens with one attached hydrogen (secondary N) is 1. The molecule has 4 rings (SSSR count). The molecule has 0 fully saturated rings. The van der Waals surface area contributed by atoms with Crippen molar-refractivity contribution < 1.29 is 14.3 Å². The second-order valence-electron chi connectivity index (χ2n) is 7.20. The van der Waals surface area contributed by atoms with Gasteiger partial charge in [0.1, 0.15) is 6.04 Å². The highest BCUT2D eigenvalue weighted by Gasteiger charge is 2.25. The molecule has 3 aromatic carbocycles. The number of nitrogens with zero attached hydrogens (tertiary/aromatic N) is 1. The molecule has 0 aliphatic rings. The molecule has 0 aliphatic heterocycles. The molecule has 0 aliphatic carbocycles. The number of rotatable bonds is 5. The SMILES string of the molecule is COC(=O)[C@@H](Cc1ccccc1C)NC(=O)c1c2ccccc2nc2ccccc12. The van der Waals surface area contributed by atoms with Crippen LogP contribution < -0.4 is 5.32 Å². The van der Waals surface area contributed by atoms with Crippen molar-refractivity contribution in [2.45, 2.75) is 19.4 Å². The summed E-state index contributed by atoms with van der Waals surface area (Å²) in [5.41, 5.74) is 4.01. The Kier molecular flexibility index (Phi) is 5.44. The van der Waals surface area contributed by atoms with Crippen LogP contribution in [0.15, 0.2) is 72.8 Å². The van der Waals surface area contributed by atoms with Crippen molar-refractivity contribution in [2.75, 3.05) is 7.11 Å². The first-order valence-electron chi connectivity index (χ1n) is 9.79. The molecule has 5 heteroatoms. The van der Waals surface area contributed by atoms with Crippen molar-refractivity contribution >= 4 is 33.7 Å². The van der Waals surface area contributed by atoms with Crippen LogP contribution in [0.1, 0.15) is 21.5 Å². The number of esters is 1. The summed E-state index contributed by atoms with van der Waals surface area (Å²) in [6, 6.07) is 22.0. The number of ether oxygens (including phenoxy) is 1. The quantitative estimate of drug-likeness (QED) is 0.404. The monoisotopic (exact) mass is 398 g/mol. The number of aryl methyl sites for hydroxylation is 1. The summed E-state index contributed by atoms with van der Waals surface area (Å²) in [5.74, 6) is -0.803. The van der Waals surface area contributed by atoms with Gasteiger partial charge in [0.25, 0.3) is 5.91 Å². The van der Waals surface area contributed by atoms with Crippen LogP contribution in [0.5, 0.6) is 0 Å². The standard InChI is InChI=1S/C25H22N2O3/c1-16-9-3-4-10-17(16)15-22(25(29)30-2)27-24(28)23-18-11-5-7-13-20(18)26-21-14-8-6-12-19(21)23/h3-14,22H,15H2,1-2H3,(H,27,28)/t22-/m1/s1. The van der Waals surface area contributed by atoms with Gasteiger partial charge in [-0.3, -0.25) is 4.79 Å². The number of pyridine rings is 1. The first-order chi connectivity index (χ1) is 14.6. The highest BCUT2D eigenvalue weighted by molar-refractivity contribution is 6.16. The maximum absolute atomic E-state index is 13.4. The number of aromatic nitrogens is 1. The Bertz CT molecular complexity index is 1200. The van der Waals surface area contributed by atoms with Gasteiger partial charge in [-0.1, -0.05) is 60.7 Å². The minimum absolute atomic E-state index is 0.325. The molecule has 1 atom stereocenters. The number of hydrogen-bond donors (Lipinski definition) is 1. The number of amides is 1. The summed E-state index contributed by atoms with van der Waals surface area (Å²) >= 11 is 0. The number of carbonyl (C=O) groups excluding carboxylic acids is 2. The number of methoxy groups -OCH3 is 1. The Labute approximate surface area is 174 Å². The summed E-state index contributed by atoms with van der Waals surface area (Å²) in [7, 11) is 1.33. The Morgan fingerprint density at radius 2 is 1.47 bits per heavy atom. The lowest BCUT2D eigenvalue weighted by atomic mass is 9.99. The van der Waals surface area contributed by atoms with E-state index in [0.717, 1.165) is 32.9 Å². The molecular weight excluding hydrogens is 376 g/mol. The molecule has 0 unspecified atom stereocenters. The summed E-state index contributed by atoms with van der Waals surface area (Å²) in [5, 5.41) is 4.39. The van der Waals surface area contributed by atoms with E-state index >= 15 is 0 Å². The average Bonchev–Trinajstić information content (AvgIpc) is 2.77. The molecule has 1 N–H and O–H groups in total. The van der Waals surface area contributed by atoms with Crippen molar-refractivity contribution in [3.8, 4) is 0 Å². The van der Waals surface area contributed by atoms with Crippen LogP contribution in [-0.4, -0.2) is 30.0 Å². The lowest BCUT2D eigenvalue weighted by Gasteiger charge is -2.19. The van der Waals surface area contributed by atoms with E-state index in [0.29, 0.717) is 12.0 Å². The molecule has 5 nitrogen and oxygen atoms in total. The fraction of sp³-hybridized carbons (Fsp3) is 0.160. The molecule has 0 saturated carbocycles. The van der Waals surface area contributed by atoms with E-state index in [9.17, 15) is 9.59 Å². The minimum atomic E-state index is -0.797. The molecule has 0 radical (unpaired) electrons. The Morgan fingerprint density at radius 1 is 0.900 bits per heavy atom. The van der Waals surface area contributed by atoms with Gasteiger partial charge in [-0.25, -0.2) is 9.78 Å². The largest absolute Gasteiger partial charge is 0.467 e. The number of para-hydroxylation sites is 2. The molecule has 0 spiro atoms. The molecule has 1 aromatic heterocycles. The smallest absolute Gasteiger partial charge is 0.328 e. The number of benzene rings is 3. The normalized spacial score (nSPS) is 11.9. The number of hydrogen-bond acceptors (Lipinski definition) is 4. The fourth-order valence-electron chi connectivity index (χ4n) is 3.71. The Hall–Kier alpha value is -3.73. The first-order valence-corrected chi connectivity index (χ1v) is 9.79. The van der Waals surface area contributed by atoms with Gasteiger partial charge in [0.2, 0.25) is 0 Å². The molecule has 150 valence electrons. The van der Waals surface area contributed by atoms with Gasteiger partial charge in [0.15, 0.2) is 0 Å². The van der Waals surface area contributed by atoms with Crippen molar-refractivity contribution in [2.24, 2.45) is 0 Å². The Balaban J connectivity index is 1.76. The zero-order chi connectivity index (χ0) is 21.1. The van der Waals surface area contributed by atoms with Gasteiger partial charge in [-0.2, -0.15) is 0 Å². The third-order valence-electron chi connectivity index (χ3n) is 5.29. The average molecular weight is 398 g/mol. The van der Waals surface area contributed by atoms with Crippen LogP contribution in [-0.2, 0) is 16.0 Å². The van der Waals surface area contributed by atoms with E-state index in [4.69, 9.17) is 4.74 Å². The second-order valence-corrected chi connectivity index (χ2v) is 7.20. The highest BCUT2D eigenvalue weighted by Crippen LogP contribution is 2.26. The van der Waals surface area contributed by atoms with E-state index in [-0.39, 0.29) is 5.91 Å². The van der Waals surface area contributed by atoms with E-state index in [2.05, 4.69) is 10.3 Å². The predicted octanol–water partition coefficient (Wildman–Crippen LogP) is 4.21. The van der Waals surface area contributed by atoms with Gasteiger partial charge in [0.05, 0.1) is 23.7 Å². The summed E-state index contributed by atoms with van der Waals surface area (Å²) < 4.78 is 4.97. The second kappa shape index (κ2) is 8.33. The molecule has 30 heavy (non-hydrogen) atoms. The molecule has 1 heterocycles. The highest BCUT2D eigenvalue weighted by atomic mass is 16.5. The van der Waals surface area contributed by atoms with Gasteiger partial charge in [0, 0.05) is 17.2 Å². The van der Waals surface area contributed by atoms with Gasteiger partial charge >= 0.3 is 5.97 Å². The van der Waals surface area contributed by atoms with E-state index in [1.165, 1.54) is 7.11 Å². The van der Waals surface area contributed by atoms with Crippen LogP contribution in [0.2, 0.25) is 0 Å². The van der Waals surface area contributed by atoms with Gasteiger partial charge in [-0.05, 0) is 30.2 Å². The fourth-order valence-corrected chi connectivity index (χ4v) is 3.71. The van der Waals surface area contributed by atoms with Gasteiger partial charge in [-0.15, -0.1) is 0 Å². The Morgan fingerprint density at radius 3 is 2.07 bits per heavy atom. The van der Waals surface area contributed by atoms with E-state index < -0.39 is 12.0 Å². The van der Waals surface area contributed by atoms with Crippen LogP contribution in [0.3, 0.4) is 0 Å². The third-order valence-corrected chi connectivity index (χ3v) is 5.29. The van der Waals surface area contributed by atoms with E-state index in [1.54, 1.807) is 0 Å². The van der Waals surface area contributed by atoms with Crippen LogP contribution >= 0.6 is 0 Å². The maximum atomic E-state index is 13.4. The lowest BCUT2D eigenvalue weighted by Crippen LogP contribution is -2.43. The number of fused-ring (bicyclic) bond motifs is 2. The van der Waals surface area contributed by atoms with Crippen LogP contribution in [0.4, 0.5) is 0 Å². The molecule has 0 bridgehead atoms. The molecule has 4 aromatic rings. The van der Waals surface area contributed by atoms with Crippen molar-refractivity contribution in [1.82, 2.24) is 10.3 Å². The van der Waals surface area contributed by atoms with E-state index in [1.807, 2.05) is 79.7 Å². The summed E-state index contributed by atoms with van der Waals surface area (Å²) in [6.07, 6.45) is 0.353. The molecule has 0 saturated heterocycles. The topological polar surface area (TPSA) is 68.3 Å². The summed E-state index contributed by atoms with van der Waals surface area (Å²) in [6.45, 7) is 1.98. The third kappa shape index (κ3) is 3.74.